The van der Waals surface area contributed by atoms with Crippen LogP contribution >= 0.6 is 11.6 Å². The average molecular weight is 279 g/mol. The van der Waals surface area contributed by atoms with E-state index in [2.05, 4.69) is 0 Å². The molecule has 0 amide bonds. The van der Waals surface area contributed by atoms with E-state index in [9.17, 15) is 9.18 Å². The lowest BCUT2D eigenvalue weighted by atomic mass is 10.00. The SMILES string of the molecule is COc1ccc(C)cc1C(=O)c1cc(Cl)ccc1F. The molecule has 0 bridgehead atoms. The highest BCUT2D eigenvalue weighted by molar-refractivity contribution is 6.31. The van der Waals surface area contributed by atoms with Gasteiger partial charge in [0.15, 0.2) is 5.78 Å². The van der Waals surface area contributed by atoms with Crippen molar-refractivity contribution in [1.82, 2.24) is 0 Å². The van der Waals surface area contributed by atoms with Crippen LogP contribution in [-0.4, -0.2) is 12.9 Å². The lowest BCUT2D eigenvalue weighted by Crippen LogP contribution is -2.06. The van der Waals surface area contributed by atoms with E-state index in [4.69, 9.17) is 16.3 Å². The topological polar surface area (TPSA) is 26.3 Å². The molecule has 4 heteroatoms. The Bertz CT molecular complexity index is 638. The fourth-order valence-corrected chi connectivity index (χ4v) is 1.99. The number of ketones is 1. The molecule has 2 nitrogen and oxygen atoms in total. The van der Waals surface area contributed by atoms with Crippen molar-refractivity contribution in [2.45, 2.75) is 6.92 Å². The Labute approximate surface area is 115 Å². The second kappa shape index (κ2) is 5.41. The van der Waals surface area contributed by atoms with Crippen molar-refractivity contribution in [2.24, 2.45) is 0 Å². The first-order valence-electron chi connectivity index (χ1n) is 5.67. The molecule has 0 aliphatic carbocycles. The molecule has 0 aliphatic rings. The third-order valence-corrected chi connectivity index (χ3v) is 3.01. The van der Waals surface area contributed by atoms with Gasteiger partial charge in [-0.1, -0.05) is 23.2 Å². The van der Waals surface area contributed by atoms with Gasteiger partial charge in [0, 0.05) is 5.02 Å². The molecule has 0 saturated heterocycles. The van der Waals surface area contributed by atoms with Crippen molar-refractivity contribution >= 4 is 17.4 Å². The average Bonchev–Trinajstić information content (AvgIpc) is 2.40. The van der Waals surface area contributed by atoms with Gasteiger partial charge in [0.2, 0.25) is 0 Å². The predicted molar refractivity (Wildman–Crippen MR) is 72.6 cm³/mol. The predicted octanol–water partition coefficient (Wildman–Crippen LogP) is 4.03. The van der Waals surface area contributed by atoms with E-state index < -0.39 is 11.6 Å². The minimum Gasteiger partial charge on any atom is -0.496 e. The summed E-state index contributed by atoms with van der Waals surface area (Å²) in [5.41, 5.74) is 1.16. The maximum Gasteiger partial charge on any atom is 0.199 e. The minimum atomic E-state index is -0.599. The molecule has 0 spiro atoms. The second-order valence-electron chi connectivity index (χ2n) is 4.16. The molecule has 2 rings (SSSR count). The molecule has 0 atom stereocenters. The van der Waals surface area contributed by atoms with Crippen molar-refractivity contribution in [3.05, 3.63) is 63.9 Å². The second-order valence-corrected chi connectivity index (χ2v) is 4.59. The number of carbonyl (C=O) groups is 1. The van der Waals surface area contributed by atoms with Gasteiger partial charge >= 0.3 is 0 Å². The molecule has 0 heterocycles. The van der Waals surface area contributed by atoms with Crippen LogP contribution in [0.2, 0.25) is 5.02 Å². The monoisotopic (exact) mass is 278 g/mol. The van der Waals surface area contributed by atoms with Crippen LogP contribution in [0.1, 0.15) is 21.5 Å². The van der Waals surface area contributed by atoms with Crippen LogP contribution in [0.3, 0.4) is 0 Å². The van der Waals surface area contributed by atoms with Gasteiger partial charge in [0.25, 0.3) is 0 Å². The summed E-state index contributed by atoms with van der Waals surface area (Å²) in [6.45, 7) is 1.85. The zero-order valence-corrected chi connectivity index (χ0v) is 11.3. The van der Waals surface area contributed by atoms with Crippen molar-refractivity contribution in [3.8, 4) is 5.75 Å². The number of aryl methyl sites for hydroxylation is 1. The standard InChI is InChI=1S/C15H12ClFO2/c1-9-3-6-14(19-2)12(7-9)15(18)11-8-10(16)4-5-13(11)17/h3-8H,1-2H3. The lowest BCUT2D eigenvalue weighted by molar-refractivity contribution is 0.103. The normalized spacial score (nSPS) is 10.3. The van der Waals surface area contributed by atoms with Crippen molar-refractivity contribution in [1.29, 1.82) is 0 Å². The summed E-state index contributed by atoms with van der Waals surface area (Å²) in [6.07, 6.45) is 0. The zero-order valence-electron chi connectivity index (χ0n) is 10.5. The van der Waals surface area contributed by atoms with E-state index in [0.29, 0.717) is 16.3 Å². The highest BCUT2D eigenvalue weighted by atomic mass is 35.5. The molecule has 2 aromatic carbocycles. The number of methoxy groups -OCH3 is 1. The minimum absolute atomic E-state index is 0.0589. The van der Waals surface area contributed by atoms with E-state index in [1.807, 2.05) is 13.0 Å². The van der Waals surface area contributed by atoms with Gasteiger partial charge < -0.3 is 4.74 Å². The van der Waals surface area contributed by atoms with Gasteiger partial charge in [-0.05, 0) is 37.3 Å². The maximum absolute atomic E-state index is 13.7. The van der Waals surface area contributed by atoms with Crippen LogP contribution in [-0.2, 0) is 0 Å². The number of ether oxygens (including phenoxy) is 1. The van der Waals surface area contributed by atoms with Crippen LogP contribution in [0.25, 0.3) is 0 Å². The highest BCUT2D eigenvalue weighted by Crippen LogP contribution is 2.25. The number of halogens is 2. The summed E-state index contributed by atoms with van der Waals surface area (Å²) >= 11 is 5.80. The number of benzene rings is 2. The molecule has 0 unspecified atom stereocenters. The summed E-state index contributed by atoms with van der Waals surface area (Å²) in [5.74, 6) is -0.631. The molecule has 0 aliphatic heterocycles. The fraction of sp³-hybridized carbons (Fsp3) is 0.133. The number of hydrogen-bond donors (Lipinski definition) is 0. The quantitative estimate of drug-likeness (QED) is 0.793. The fourth-order valence-electron chi connectivity index (χ4n) is 1.82. The molecule has 2 aromatic rings. The van der Waals surface area contributed by atoms with Crippen molar-refractivity contribution < 1.29 is 13.9 Å². The van der Waals surface area contributed by atoms with Gasteiger partial charge in [0.05, 0.1) is 18.2 Å². The molecule has 98 valence electrons. The first-order chi connectivity index (χ1) is 9.02. The van der Waals surface area contributed by atoms with Crippen molar-refractivity contribution in [3.63, 3.8) is 0 Å². The number of carbonyl (C=O) groups excluding carboxylic acids is 1. The van der Waals surface area contributed by atoms with Gasteiger partial charge in [0.1, 0.15) is 11.6 Å². The smallest absolute Gasteiger partial charge is 0.199 e. The van der Waals surface area contributed by atoms with E-state index >= 15 is 0 Å². The molecule has 0 aromatic heterocycles. The molecular weight excluding hydrogens is 267 g/mol. The van der Waals surface area contributed by atoms with E-state index in [1.165, 1.54) is 25.3 Å². The van der Waals surface area contributed by atoms with Gasteiger partial charge in [-0.15, -0.1) is 0 Å². The molecule has 19 heavy (non-hydrogen) atoms. The lowest BCUT2D eigenvalue weighted by Gasteiger charge is -2.09. The molecule has 0 radical (unpaired) electrons. The number of hydrogen-bond acceptors (Lipinski definition) is 2. The summed E-state index contributed by atoms with van der Waals surface area (Å²) in [6, 6.07) is 9.08. The Hall–Kier alpha value is -1.87. The molecule has 0 fully saturated rings. The Morgan fingerprint density at radius 1 is 1.16 bits per heavy atom. The third-order valence-electron chi connectivity index (χ3n) is 2.77. The molecular formula is C15H12ClFO2. The van der Waals surface area contributed by atoms with Gasteiger partial charge in [-0.2, -0.15) is 0 Å². The van der Waals surface area contributed by atoms with Crippen LogP contribution in [0.5, 0.6) is 5.75 Å². The Morgan fingerprint density at radius 3 is 2.58 bits per heavy atom. The molecule has 0 saturated carbocycles. The van der Waals surface area contributed by atoms with Crippen LogP contribution in [0.15, 0.2) is 36.4 Å². The zero-order chi connectivity index (χ0) is 14.0. The third kappa shape index (κ3) is 2.76. The van der Waals surface area contributed by atoms with E-state index in [0.717, 1.165) is 5.56 Å². The summed E-state index contributed by atoms with van der Waals surface area (Å²) in [4.78, 5) is 12.4. The summed E-state index contributed by atoms with van der Waals surface area (Å²) in [5, 5.41) is 0.316. The summed E-state index contributed by atoms with van der Waals surface area (Å²) < 4.78 is 18.9. The summed E-state index contributed by atoms with van der Waals surface area (Å²) in [7, 11) is 1.47. The van der Waals surface area contributed by atoms with Gasteiger partial charge in [-0.3, -0.25) is 4.79 Å². The van der Waals surface area contributed by atoms with E-state index in [-0.39, 0.29) is 5.56 Å². The largest absolute Gasteiger partial charge is 0.496 e. The Kier molecular flexibility index (Phi) is 3.86. The maximum atomic E-state index is 13.7. The van der Waals surface area contributed by atoms with Crippen LogP contribution < -0.4 is 4.74 Å². The Morgan fingerprint density at radius 2 is 1.89 bits per heavy atom. The first-order valence-corrected chi connectivity index (χ1v) is 6.05. The van der Waals surface area contributed by atoms with E-state index in [1.54, 1.807) is 12.1 Å². The first kappa shape index (κ1) is 13.6. The molecule has 0 N–H and O–H groups in total. The number of rotatable bonds is 3. The van der Waals surface area contributed by atoms with Gasteiger partial charge in [-0.25, -0.2) is 4.39 Å². The van der Waals surface area contributed by atoms with Crippen LogP contribution in [0, 0.1) is 12.7 Å². The Balaban J connectivity index is 2.55. The van der Waals surface area contributed by atoms with Crippen LogP contribution in [0.4, 0.5) is 4.39 Å². The highest BCUT2D eigenvalue weighted by Gasteiger charge is 2.18. The van der Waals surface area contributed by atoms with Crippen molar-refractivity contribution in [2.75, 3.05) is 7.11 Å².